The molecule has 0 saturated carbocycles. The maximum atomic E-state index is 12.7. The van der Waals surface area contributed by atoms with Crippen molar-refractivity contribution < 1.29 is 22.8 Å². The van der Waals surface area contributed by atoms with Crippen molar-refractivity contribution in [3.05, 3.63) is 21.0 Å². The van der Waals surface area contributed by atoms with Crippen LogP contribution in [0.1, 0.15) is 4.88 Å². The van der Waals surface area contributed by atoms with Crippen molar-refractivity contribution >= 4 is 50.0 Å². The summed E-state index contributed by atoms with van der Waals surface area (Å²) >= 11 is 4.55. The molecule has 0 atom stereocenters. The van der Waals surface area contributed by atoms with Crippen LogP contribution in [0.4, 0.5) is 18.2 Å². The molecule has 0 spiro atoms. The quantitative estimate of drug-likeness (QED) is 0.593. The van der Waals surface area contributed by atoms with Crippen molar-refractivity contribution in [3.63, 3.8) is 0 Å². The van der Waals surface area contributed by atoms with Crippen LogP contribution in [-0.2, 0) is 9.63 Å². The second-order valence-corrected chi connectivity index (χ2v) is 5.99. The highest BCUT2D eigenvalue weighted by Crippen LogP contribution is 2.37. The van der Waals surface area contributed by atoms with Crippen molar-refractivity contribution in [2.75, 3.05) is 19.0 Å². The lowest BCUT2D eigenvalue weighted by atomic mass is 10.1. The van der Waals surface area contributed by atoms with Crippen LogP contribution in [0, 0.1) is 0 Å². The summed E-state index contributed by atoms with van der Waals surface area (Å²) in [5, 5.41) is 3.61. The predicted octanol–water partition coefficient (Wildman–Crippen LogP) is 3.44. The SMILES string of the molecule is CN(C)c1sc(/C=C2/C(=O)ON=C2C(F)(F)F)cc1Br. The van der Waals surface area contributed by atoms with Gasteiger partial charge in [-0.15, -0.1) is 11.3 Å². The highest BCUT2D eigenvalue weighted by atomic mass is 79.9. The van der Waals surface area contributed by atoms with Crippen molar-refractivity contribution in [1.29, 1.82) is 0 Å². The van der Waals surface area contributed by atoms with Crippen LogP contribution in [0.25, 0.3) is 6.08 Å². The molecule has 0 amide bonds. The summed E-state index contributed by atoms with van der Waals surface area (Å²) in [6, 6.07) is 1.63. The van der Waals surface area contributed by atoms with E-state index in [9.17, 15) is 18.0 Å². The highest BCUT2D eigenvalue weighted by molar-refractivity contribution is 9.10. The topological polar surface area (TPSA) is 41.9 Å². The molecular formula is C11H8BrF3N2O2S. The maximum absolute atomic E-state index is 12.7. The van der Waals surface area contributed by atoms with Crippen LogP contribution in [-0.4, -0.2) is 32.0 Å². The number of carbonyl (C=O) groups is 1. The largest absolute Gasteiger partial charge is 0.437 e. The molecule has 2 heterocycles. The van der Waals surface area contributed by atoms with Gasteiger partial charge in [0.15, 0.2) is 5.71 Å². The Labute approximate surface area is 124 Å². The van der Waals surface area contributed by atoms with Crippen molar-refractivity contribution in [2.45, 2.75) is 6.18 Å². The molecule has 0 unspecified atom stereocenters. The molecule has 0 aliphatic carbocycles. The van der Waals surface area contributed by atoms with Crippen molar-refractivity contribution in [2.24, 2.45) is 5.16 Å². The third kappa shape index (κ3) is 2.88. The number of hydrogen-bond donors (Lipinski definition) is 0. The fraction of sp³-hybridized carbons (Fsp3) is 0.273. The molecule has 1 aliphatic rings. The predicted molar refractivity (Wildman–Crippen MR) is 73.9 cm³/mol. The molecule has 108 valence electrons. The summed E-state index contributed by atoms with van der Waals surface area (Å²) in [5.41, 5.74) is -1.89. The van der Waals surface area contributed by atoms with Gasteiger partial charge in [-0.05, 0) is 28.1 Å². The number of rotatable bonds is 2. The molecule has 0 radical (unpaired) electrons. The number of hydrogen-bond acceptors (Lipinski definition) is 5. The van der Waals surface area contributed by atoms with Crippen LogP contribution in [0.2, 0.25) is 0 Å². The van der Waals surface area contributed by atoms with Gasteiger partial charge in [0.2, 0.25) is 0 Å². The van der Waals surface area contributed by atoms with E-state index in [2.05, 4.69) is 25.9 Å². The van der Waals surface area contributed by atoms with Gasteiger partial charge >= 0.3 is 12.1 Å². The number of nitrogens with zero attached hydrogens (tertiary/aromatic N) is 2. The first-order valence-electron chi connectivity index (χ1n) is 5.25. The Kier molecular flexibility index (Phi) is 3.92. The molecule has 0 N–H and O–H groups in total. The Bertz CT molecular complexity index is 620. The molecule has 1 aromatic heterocycles. The summed E-state index contributed by atoms with van der Waals surface area (Å²) in [6.07, 6.45) is -3.60. The Balaban J connectivity index is 2.41. The third-order valence-corrected chi connectivity index (χ3v) is 4.46. The van der Waals surface area contributed by atoms with Crippen molar-refractivity contribution in [3.8, 4) is 0 Å². The molecular weight excluding hydrogens is 361 g/mol. The molecule has 4 nitrogen and oxygen atoms in total. The fourth-order valence-electron chi connectivity index (χ4n) is 1.51. The summed E-state index contributed by atoms with van der Waals surface area (Å²) in [4.78, 5) is 17.7. The summed E-state index contributed by atoms with van der Waals surface area (Å²) in [6.45, 7) is 0. The molecule has 1 aromatic rings. The first-order chi connectivity index (χ1) is 9.20. The standard InChI is InChI=1S/C11H8BrF3N2O2S/c1-17(2)9-7(12)4-5(20-9)3-6-8(11(13,14)15)16-19-10(6)18/h3-4H,1-2H3/b6-3+. The monoisotopic (exact) mass is 368 g/mol. The van der Waals surface area contributed by atoms with Gasteiger partial charge in [-0.25, -0.2) is 4.79 Å². The summed E-state index contributed by atoms with van der Waals surface area (Å²) in [7, 11) is 3.61. The minimum Gasteiger partial charge on any atom is -0.369 e. The van der Waals surface area contributed by atoms with Gasteiger partial charge in [0.1, 0.15) is 5.00 Å². The lowest BCUT2D eigenvalue weighted by Crippen LogP contribution is -2.24. The minimum absolute atomic E-state index is 0.492. The Hall–Kier alpha value is -1.35. The van der Waals surface area contributed by atoms with Crippen LogP contribution in [0.3, 0.4) is 0 Å². The molecule has 0 saturated heterocycles. The first kappa shape index (κ1) is 15.0. The van der Waals surface area contributed by atoms with Crippen LogP contribution < -0.4 is 4.90 Å². The zero-order valence-electron chi connectivity index (χ0n) is 10.3. The van der Waals surface area contributed by atoms with E-state index in [1.807, 2.05) is 4.90 Å². The number of carbonyl (C=O) groups excluding carboxylic acids is 1. The number of halogens is 4. The number of oxime groups is 1. The van der Waals surface area contributed by atoms with E-state index in [1.54, 1.807) is 20.2 Å². The minimum atomic E-state index is -4.73. The van der Waals surface area contributed by atoms with Crippen LogP contribution >= 0.6 is 27.3 Å². The van der Waals surface area contributed by atoms with E-state index >= 15 is 0 Å². The van der Waals surface area contributed by atoms with Gasteiger partial charge in [0, 0.05) is 19.0 Å². The van der Waals surface area contributed by atoms with E-state index in [1.165, 1.54) is 11.3 Å². The molecule has 0 aromatic carbocycles. The fourth-order valence-corrected chi connectivity index (χ4v) is 3.42. The van der Waals surface area contributed by atoms with E-state index in [0.29, 0.717) is 4.88 Å². The van der Waals surface area contributed by atoms with Gasteiger partial charge in [-0.1, -0.05) is 5.16 Å². The Morgan fingerprint density at radius 1 is 1.45 bits per heavy atom. The van der Waals surface area contributed by atoms with Gasteiger partial charge in [-0.2, -0.15) is 13.2 Å². The lowest BCUT2D eigenvalue weighted by Gasteiger charge is -2.08. The van der Waals surface area contributed by atoms with E-state index in [0.717, 1.165) is 15.5 Å². The van der Waals surface area contributed by atoms with E-state index in [4.69, 9.17) is 0 Å². The molecule has 0 fully saturated rings. The van der Waals surface area contributed by atoms with E-state index in [-0.39, 0.29) is 0 Å². The zero-order chi connectivity index (χ0) is 15.1. The number of anilines is 1. The smallest absolute Gasteiger partial charge is 0.369 e. The first-order valence-corrected chi connectivity index (χ1v) is 6.86. The van der Waals surface area contributed by atoms with Gasteiger partial charge in [-0.3, -0.25) is 0 Å². The van der Waals surface area contributed by atoms with Crippen LogP contribution in [0.5, 0.6) is 0 Å². The highest BCUT2D eigenvalue weighted by Gasteiger charge is 2.45. The lowest BCUT2D eigenvalue weighted by molar-refractivity contribution is -0.136. The van der Waals surface area contributed by atoms with E-state index < -0.39 is 23.4 Å². The van der Waals surface area contributed by atoms with Gasteiger partial charge < -0.3 is 9.74 Å². The molecule has 0 bridgehead atoms. The Morgan fingerprint density at radius 3 is 2.60 bits per heavy atom. The summed E-state index contributed by atoms with van der Waals surface area (Å²) in [5.74, 6) is -1.10. The summed E-state index contributed by atoms with van der Waals surface area (Å²) < 4.78 is 38.8. The number of thiophene rings is 1. The molecule has 20 heavy (non-hydrogen) atoms. The van der Waals surface area contributed by atoms with Gasteiger partial charge in [0.05, 0.1) is 10.0 Å². The Morgan fingerprint density at radius 2 is 2.10 bits per heavy atom. The number of alkyl halides is 3. The molecule has 1 aliphatic heterocycles. The van der Waals surface area contributed by atoms with Gasteiger partial charge in [0.25, 0.3) is 0 Å². The average Bonchev–Trinajstić information content (AvgIpc) is 2.83. The second kappa shape index (κ2) is 5.21. The van der Waals surface area contributed by atoms with Crippen LogP contribution in [0.15, 0.2) is 21.3 Å². The molecule has 2 rings (SSSR count). The normalized spacial score (nSPS) is 17.4. The third-order valence-electron chi connectivity index (χ3n) is 2.34. The van der Waals surface area contributed by atoms with Crippen molar-refractivity contribution in [1.82, 2.24) is 0 Å². The molecule has 9 heteroatoms. The average molecular weight is 369 g/mol. The maximum Gasteiger partial charge on any atom is 0.437 e. The zero-order valence-corrected chi connectivity index (χ0v) is 12.7. The second-order valence-electron chi connectivity index (χ2n) is 4.07.